The maximum atomic E-state index is 12.6. The fraction of sp³-hybridized carbons (Fsp3) is 0.0800. The summed E-state index contributed by atoms with van der Waals surface area (Å²) >= 11 is 1.09. The van der Waals surface area contributed by atoms with Crippen molar-refractivity contribution < 1.29 is 19.4 Å². The molecule has 5 rings (SSSR count). The molecule has 0 saturated carbocycles. The van der Waals surface area contributed by atoms with Crippen LogP contribution in [0.4, 0.5) is 10.5 Å². The van der Waals surface area contributed by atoms with Crippen LogP contribution >= 0.6 is 11.3 Å². The van der Waals surface area contributed by atoms with Crippen molar-refractivity contribution in [3.8, 4) is 21.6 Å². The van der Waals surface area contributed by atoms with E-state index < -0.39 is 12.1 Å². The number of thiophene rings is 1. The summed E-state index contributed by atoms with van der Waals surface area (Å²) in [6, 6.07) is 21.4. The Morgan fingerprint density at radius 1 is 0.969 bits per heavy atom. The number of anilines is 1. The van der Waals surface area contributed by atoms with E-state index in [-0.39, 0.29) is 23.1 Å². The lowest BCUT2D eigenvalue weighted by atomic mass is 9.98. The minimum Gasteiger partial charge on any atom is -0.477 e. The maximum Gasteiger partial charge on any atom is 0.411 e. The van der Waals surface area contributed by atoms with Gasteiger partial charge in [0.25, 0.3) is 0 Å². The van der Waals surface area contributed by atoms with Crippen molar-refractivity contribution >= 4 is 29.1 Å². The number of nitrogens with zero attached hydrogens (tertiary/aromatic N) is 1. The summed E-state index contributed by atoms with van der Waals surface area (Å²) in [4.78, 5) is 29.0. The maximum absolute atomic E-state index is 12.6. The van der Waals surface area contributed by atoms with Gasteiger partial charge in [-0.25, -0.2) is 9.59 Å². The van der Waals surface area contributed by atoms with Crippen molar-refractivity contribution in [2.75, 3.05) is 11.9 Å². The zero-order valence-electron chi connectivity index (χ0n) is 16.8. The highest BCUT2D eigenvalue weighted by Crippen LogP contribution is 2.44. The lowest BCUT2D eigenvalue weighted by Gasteiger charge is -2.14. The van der Waals surface area contributed by atoms with E-state index in [1.165, 1.54) is 0 Å². The van der Waals surface area contributed by atoms with Gasteiger partial charge in [0.05, 0.1) is 5.69 Å². The van der Waals surface area contributed by atoms with E-state index in [2.05, 4.69) is 22.4 Å². The van der Waals surface area contributed by atoms with Crippen molar-refractivity contribution in [3.63, 3.8) is 0 Å². The second-order valence-corrected chi connectivity index (χ2v) is 8.40. The van der Waals surface area contributed by atoms with E-state index in [0.29, 0.717) is 0 Å². The van der Waals surface area contributed by atoms with Crippen molar-refractivity contribution in [1.29, 1.82) is 0 Å². The SMILES string of the molecule is O=C(Nc1cc(-c2ccncc2)sc1C(=O)O)OCC1c2ccccc2-c2ccccc21. The molecular weight excluding hydrogens is 424 g/mol. The molecule has 4 aromatic rings. The number of fused-ring (bicyclic) bond motifs is 3. The van der Waals surface area contributed by atoms with Crippen molar-refractivity contribution in [2.24, 2.45) is 0 Å². The summed E-state index contributed by atoms with van der Waals surface area (Å²) in [6.07, 6.45) is 2.58. The molecule has 0 spiro atoms. The number of carbonyl (C=O) groups is 2. The highest BCUT2D eigenvalue weighted by Gasteiger charge is 2.29. The molecule has 0 bridgehead atoms. The summed E-state index contributed by atoms with van der Waals surface area (Å²) < 4.78 is 5.54. The van der Waals surface area contributed by atoms with Crippen molar-refractivity contribution in [3.05, 3.63) is 95.1 Å². The number of pyridine rings is 1. The predicted molar refractivity (Wildman–Crippen MR) is 123 cm³/mol. The highest BCUT2D eigenvalue weighted by atomic mass is 32.1. The Morgan fingerprint density at radius 3 is 2.22 bits per heavy atom. The number of amides is 1. The Hall–Kier alpha value is -3.97. The molecule has 2 aromatic carbocycles. The molecule has 2 heterocycles. The van der Waals surface area contributed by atoms with E-state index in [4.69, 9.17) is 4.74 Å². The number of carbonyl (C=O) groups excluding carboxylic acids is 1. The number of hydrogen-bond acceptors (Lipinski definition) is 5. The van der Waals surface area contributed by atoms with Crippen LogP contribution < -0.4 is 5.32 Å². The first-order chi connectivity index (χ1) is 15.6. The first kappa shape index (κ1) is 20.0. The third-order valence-electron chi connectivity index (χ3n) is 5.47. The summed E-state index contributed by atoms with van der Waals surface area (Å²) in [6.45, 7) is 0.156. The van der Waals surface area contributed by atoms with E-state index in [0.717, 1.165) is 44.0 Å². The summed E-state index contributed by atoms with van der Waals surface area (Å²) in [5.74, 6) is -1.17. The number of carboxylic acids is 1. The molecule has 0 radical (unpaired) electrons. The number of hydrogen-bond donors (Lipinski definition) is 2. The number of nitrogens with one attached hydrogen (secondary N) is 1. The van der Waals surface area contributed by atoms with E-state index >= 15 is 0 Å². The minimum absolute atomic E-state index is 0.0466. The van der Waals surface area contributed by atoms with Gasteiger partial charge in [-0.15, -0.1) is 11.3 Å². The zero-order chi connectivity index (χ0) is 22.1. The average molecular weight is 442 g/mol. The highest BCUT2D eigenvalue weighted by molar-refractivity contribution is 7.18. The largest absolute Gasteiger partial charge is 0.477 e. The van der Waals surface area contributed by atoms with Gasteiger partial charge in [-0.05, 0) is 46.0 Å². The second kappa shape index (κ2) is 8.28. The van der Waals surface area contributed by atoms with Gasteiger partial charge in [0.2, 0.25) is 0 Å². The molecule has 7 heteroatoms. The normalized spacial score (nSPS) is 12.1. The van der Waals surface area contributed by atoms with Crippen LogP contribution in [0.25, 0.3) is 21.6 Å². The third-order valence-corrected chi connectivity index (χ3v) is 6.64. The van der Waals surface area contributed by atoms with Crippen LogP contribution in [0.5, 0.6) is 0 Å². The lowest BCUT2D eigenvalue weighted by molar-refractivity contribution is 0.0703. The monoisotopic (exact) mass is 442 g/mol. The molecule has 0 atom stereocenters. The number of aromatic nitrogens is 1. The van der Waals surface area contributed by atoms with Crippen LogP contribution in [-0.2, 0) is 4.74 Å². The van der Waals surface area contributed by atoms with Gasteiger partial charge in [-0.3, -0.25) is 10.3 Å². The Kier molecular flexibility index (Phi) is 5.17. The summed E-state index contributed by atoms with van der Waals surface area (Å²) in [7, 11) is 0. The van der Waals surface area contributed by atoms with Crippen LogP contribution in [0.1, 0.15) is 26.7 Å². The smallest absolute Gasteiger partial charge is 0.411 e. The molecule has 1 aliphatic carbocycles. The fourth-order valence-electron chi connectivity index (χ4n) is 4.05. The number of benzene rings is 2. The molecule has 2 aromatic heterocycles. The molecular formula is C25H18N2O4S. The van der Waals surface area contributed by atoms with Gasteiger partial charge in [0, 0.05) is 23.2 Å². The third kappa shape index (κ3) is 3.63. The predicted octanol–water partition coefficient (Wildman–Crippen LogP) is 5.87. The standard InChI is InChI=1S/C25H18N2O4S/c28-24(29)23-21(13-22(32-23)15-9-11-26-12-10-15)27-25(30)31-14-20-18-7-3-1-5-16(18)17-6-2-4-8-19(17)20/h1-13,20H,14H2,(H,27,30)(H,28,29). The van der Waals surface area contributed by atoms with Crippen molar-refractivity contribution in [2.45, 2.75) is 5.92 Å². The van der Waals surface area contributed by atoms with Gasteiger partial charge < -0.3 is 9.84 Å². The van der Waals surface area contributed by atoms with Crippen LogP contribution in [0.3, 0.4) is 0 Å². The second-order valence-electron chi connectivity index (χ2n) is 7.35. The van der Waals surface area contributed by atoms with Gasteiger partial charge >= 0.3 is 12.1 Å². The number of aromatic carboxylic acids is 1. The Labute approximate surface area is 188 Å². The van der Waals surface area contributed by atoms with Crippen LogP contribution in [0, 0.1) is 0 Å². The first-order valence-corrected chi connectivity index (χ1v) is 10.8. The zero-order valence-corrected chi connectivity index (χ0v) is 17.6. The van der Waals surface area contributed by atoms with Crippen LogP contribution in [0.15, 0.2) is 79.1 Å². The number of rotatable bonds is 5. The molecule has 0 unspecified atom stereocenters. The average Bonchev–Trinajstić information content (AvgIpc) is 3.38. The summed E-state index contributed by atoms with van der Waals surface area (Å²) in [5.41, 5.74) is 5.56. The van der Waals surface area contributed by atoms with Gasteiger partial charge in [0.1, 0.15) is 11.5 Å². The van der Waals surface area contributed by atoms with Gasteiger partial charge in [0.15, 0.2) is 0 Å². The van der Waals surface area contributed by atoms with E-state index in [9.17, 15) is 14.7 Å². The van der Waals surface area contributed by atoms with Gasteiger partial charge in [-0.2, -0.15) is 0 Å². The quantitative estimate of drug-likeness (QED) is 0.404. The number of carboxylic acid groups (broad SMARTS) is 1. The van der Waals surface area contributed by atoms with E-state index in [1.807, 2.05) is 36.4 Å². The minimum atomic E-state index is -1.11. The topological polar surface area (TPSA) is 88.5 Å². The number of ether oxygens (including phenoxy) is 1. The molecule has 0 aliphatic heterocycles. The Bertz CT molecular complexity index is 1270. The molecule has 158 valence electrons. The molecule has 1 aliphatic rings. The molecule has 0 saturated heterocycles. The molecule has 0 fully saturated rings. The molecule has 32 heavy (non-hydrogen) atoms. The Morgan fingerprint density at radius 2 is 1.59 bits per heavy atom. The van der Waals surface area contributed by atoms with Crippen molar-refractivity contribution in [1.82, 2.24) is 4.98 Å². The molecule has 1 amide bonds. The van der Waals surface area contributed by atoms with Crippen LogP contribution in [0.2, 0.25) is 0 Å². The summed E-state index contributed by atoms with van der Waals surface area (Å²) in [5, 5.41) is 12.2. The Balaban J connectivity index is 1.34. The van der Waals surface area contributed by atoms with Gasteiger partial charge in [-0.1, -0.05) is 48.5 Å². The first-order valence-electron chi connectivity index (χ1n) is 10.0. The van der Waals surface area contributed by atoms with E-state index in [1.54, 1.807) is 30.6 Å². The molecule has 6 nitrogen and oxygen atoms in total. The lowest BCUT2D eigenvalue weighted by Crippen LogP contribution is -2.18. The van der Waals surface area contributed by atoms with Crippen LogP contribution in [-0.4, -0.2) is 28.8 Å². The fourth-order valence-corrected chi connectivity index (χ4v) is 5.00. The molecule has 2 N–H and O–H groups in total.